The highest BCUT2D eigenvalue weighted by Crippen LogP contribution is 2.23. The average molecular weight is 364 g/mol. The van der Waals surface area contributed by atoms with Crippen LogP contribution in [0.2, 0.25) is 0 Å². The van der Waals surface area contributed by atoms with Gasteiger partial charge in [-0.15, -0.1) is 24.8 Å². The molecule has 7 heteroatoms. The Morgan fingerprint density at radius 1 is 1.35 bits per heavy atom. The van der Waals surface area contributed by atoms with E-state index in [1.807, 2.05) is 26.2 Å². The van der Waals surface area contributed by atoms with Crippen molar-refractivity contribution in [2.75, 3.05) is 26.0 Å². The summed E-state index contributed by atoms with van der Waals surface area (Å²) < 4.78 is 5.64. The molecule has 0 saturated carbocycles. The second-order valence-corrected chi connectivity index (χ2v) is 5.95. The van der Waals surface area contributed by atoms with Crippen LogP contribution in [0, 0.1) is 6.92 Å². The standard InChI is InChI=1S/C16H25N3O2.2ClH/c1-11-4-6-14(12(8-11)10-19(2)3)18-16(20)15-7-5-13(9-17)21-15;;/h4,6,8,13,15H,5,7,9-10,17H2,1-3H3,(H,18,20);2*1H/t13-,15+;;/m1../s1. The van der Waals surface area contributed by atoms with Gasteiger partial charge in [-0.25, -0.2) is 0 Å². The lowest BCUT2D eigenvalue weighted by atomic mass is 10.1. The molecule has 1 amide bonds. The summed E-state index contributed by atoms with van der Waals surface area (Å²) in [6.45, 7) is 3.31. The molecule has 3 N–H and O–H groups in total. The lowest BCUT2D eigenvalue weighted by molar-refractivity contribution is -0.126. The normalized spacial score (nSPS) is 19.9. The second-order valence-electron chi connectivity index (χ2n) is 5.95. The number of carbonyl (C=O) groups excluding carboxylic acids is 1. The molecule has 1 aliphatic heterocycles. The van der Waals surface area contributed by atoms with Crippen LogP contribution in [-0.2, 0) is 16.1 Å². The SMILES string of the molecule is Cc1ccc(NC(=O)[C@@H]2CC[C@H](CN)O2)c(CN(C)C)c1.Cl.Cl. The highest BCUT2D eigenvalue weighted by molar-refractivity contribution is 5.95. The van der Waals surface area contributed by atoms with Crippen molar-refractivity contribution < 1.29 is 9.53 Å². The van der Waals surface area contributed by atoms with E-state index >= 15 is 0 Å². The van der Waals surface area contributed by atoms with Gasteiger partial charge in [0.1, 0.15) is 6.10 Å². The molecule has 0 radical (unpaired) electrons. The predicted octanol–water partition coefficient (Wildman–Crippen LogP) is 2.35. The van der Waals surface area contributed by atoms with Crippen molar-refractivity contribution in [3.05, 3.63) is 29.3 Å². The van der Waals surface area contributed by atoms with Gasteiger partial charge in [0, 0.05) is 18.8 Å². The van der Waals surface area contributed by atoms with Gasteiger partial charge in [-0.3, -0.25) is 4.79 Å². The lowest BCUT2D eigenvalue weighted by Crippen LogP contribution is -2.30. The van der Waals surface area contributed by atoms with Crippen molar-refractivity contribution in [3.63, 3.8) is 0 Å². The number of anilines is 1. The zero-order valence-corrected chi connectivity index (χ0v) is 15.5. The van der Waals surface area contributed by atoms with Crippen LogP contribution >= 0.6 is 24.8 Å². The summed E-state index contributed by atoms with van der Waals surface area (Å²) >= 11 is 0. The van der Waals surface area contributed by atoms with Crippen LogP contribution < -0.4 is 11.1 Å². The maximum absolute atomic E-state index is 12.3. The topological polar surface area (TPSA) is 67.6 Å². The Labute approximate surface area is 150 Å². The maximum Gasteiger partial charge on any atom is 0.253 e. The Morgan fingerprint density at radius 3 is 2.61 bits per heavy atom. The largest absolute Gasteiger partial charge is 0.364 e. The molecule has 132 valence electrons. The third-order valence-electron chi connectivity index (χ3n) is 3.67. The molecule has 1 aromatic rings. The van der Waals surface area contributed by atoms with Crippen LogP contribution in [-0.4, -0.2) is 43.7 Å². The van der Waals surface area contributed by atoms with Crippen LogP contribution in [0.3, 0.4) is 0 Å². The number of hydrogen-bond donors (Lipinski definition) is 2. The molecule has 5 nitrogen and oxygen atoms in total. The van der Waals surface area contributed by atoms with Gasteiger partial charge in [-0.05, 0) is 45.5 Å². The number of nitrogens with one attached hydrogen (secondary N) is 1. The van der Waals surface area contributed by atoms with E-state index in [9.17, 15) is 4.79 Å². The molecule has 0 spiro atoms. The molecule has 23 heavy (non-hydrogen) atoms. The fourth-order valence-corrected chi connectivity index (χ4v) is 2.60. The van der Waals surface area contributed by atoms with Crippen molar-refractivity contribution in [2.24, 2.45) is 5.73 Å². The second kappa shape index (κ2) is 10.1. The highest BCUT2D eigenvalue weighted by atomic mass is 35.5. The van der Waals surface area contributed by atoms with E-state index in [2.05, 4.69) is 23.2 Å². The summed E-state index contributed by atoms with van der Waals surface area (Å²) in [7, 11) is 4.03. The molecule has 1 saturated heterocycles. The van der Waals surface area contributed by atoms with Gasteiger partial charge in [0.05, 0.1) is 6.10 Å². The van der Waals surface area contributed by atoms with Crippen molar-refractivity contribution >= 4 is 36.4 Å². The molecule has 1 fully saturated rings. The number of aryl methyl sites for hydroxylation is 1. The van der Waals surface area contributed by atoms with Gasteiger partial charge in [-0.1, -0.05) is 17.7 Å². The number of nitrogens with two attached hydrogens (primary N) is 1. The summed E-state index contributed by atoms with van der Waals surface area (Å²) in [6.07, 6.45) is 1.22. The first-order valence-corrected chi connectivity index (χ1v) is 7.40. The van der Waals surface area contributed by atoms with Crippen molar-refractivity contribution in [1.82, 2.24) is 4.90 Å². The third-order valence-corrected chi connectivity index (χ3v) is 3.67. The van der Waals surface area contributed by atoms with Gasteiger partial charge >= 0.3 is 0 Å². The molecular weight excluding hydrogens is 337 g/mol. The summed E-state index contributed by atoms with van der Waals surface area (Å²) in [5.74, 6) is -0.0743. The van der Waals surface area contributed by atoms with Gasteiger partial charge in [0.25, 0.3) is 5.91 Å². The summed E-state index contributed by atoms with van der Waals surface area (Å²) in [5.41, 5.74) is 8.74. The molecule has 0 bridgehead atoms. The Morgan fingerprint density at radius 2 is 2.04 bits per heavy atom. The van der Waals surface area contributed by atoms with Gasteiger partial charge in [0.2, 0.25) is 0 Å². The number of carbonyl (C=O) groups is 1. The summed E-state index contributed by atoms with van der Waals surface area (Å²) in [5, 5.41) is 3.00. The minimum Gasteiger partial charge on any atom is -0.364 e. The zero-order chi connectivity index (χ0) is 15.4. The maximum atomic E-state index is 12.3. The molecule has 0 aromatic heterocycles. The molecular formula is C16H27Cl2N3O2. The van der Waals surface area contributed by atoms with E-state index in [0.29, 0.717) is 6.54 Å². The molecule has 1 aromatic carbocycles. The zero-order valence-electron chi connectivity index (χ0n) is 13.9. The van der Waals surface area contributed by atoms with Crippen LogP contribution in [0.1, 0.15) is 24.0 Å². The lowest BCUT2D eigenvalue weighted by Gasteiger charge is -2.18. The van der Waals surface area contributed by atoms with Gasteiger partial charge in [0.15, 0.2) is 0 Å². The fraction of sp³-hybridized carbons (Fsp3) is 0.562. The Hall–Kier alpha value is -0.850. The molecule has 2 atom stereocenters. The first-order valence-electron chi connectivity index (χ1n) is 7.40. The van der Waals surface area contributed by atoms with Crippen LogP contribution in [0.5, 0.6) is 0 Å². The summed E-state index contributed by atoms with van der Waals surface area (Å²) in [4.78, 5) is 14.4. The van der Waals surface area contributed by atoms with Crippen LogP contribution in [0.25, 0.3) is 0 Å². The van der Waals surface area contributed by atoms with E-state index < -0.39 is 0 Å². The predicted molar refractivity (Wildman–Crippen MR) is 98.6 cm³/mol. The number of nitrogens with zero attached hydrogens (tertiary/aromatic N) is 1. The number of amides is 1. The van der Waals surface area contributed by atoms with Gasteiger partial charge < -0.3 is 20.7 Å². The molecule has 2 rings (SSSR count). The molecule has 1 aliphatic rings. The van der Waals surface area contributed by atoms with E-state index in [-0.39, 0.29) is 42.9 Å². The van der Waals surface area contributed by atoms with E-state index in [0.717, 1.165) is 30.6 Å². The number of ether oxygens (including phenoxy) is 1. The fourth-order valence-electron chi connectivity index (χ4n) is 2.60. The molecule has 0 aliphatic carbocycles. The Balaban J connectivity index is 0.00000242. The minimum absolute atomic E-state index is 0. The van der Waals surface area contributed by atoms with E-state index in [1.165, 1.54) is 5.56 Å². The number of halogens is 2. The number of hydrogen-bond acceptors (Lipinski definition) is 4. The van der Waals surface area contributed by atoms with E-state index in [1.54, 1.807) is 0 Å². The highest BCUT2D eigenvalue weighted by Gasteiger charge is 2.30. The summed E-state index contributed by atoms with van der Waals surface area (Å²) in [6, 6.07) is 6.07. The Bertz CT molecular complexity index is 512. The first kappa shape index (κ1) is 22.1. The smallest absolute Gasteiger partial charge is 0.253 e. The average Bonchev–Trinajstić information content (AvgIpc) is 2.90. The quantitative estimate of drug-likeness (QED) is 0.842. The molecule has 0 unspecified atom stereocenters. The minimum atomic E-state index is -0.382. The monoisotopic (exact) mass is 363 g/mol. The number of benzene rings is 1. The van der Waals surface area contributed by atoms with Crippen LogP contribution in [0.15, 0.2) is 18.2 Å². The third kappa shape index (κ3) is 6.28. The van der Waals surface area contributed by atoms with E-state index in [4.69, 9.17) is 10.5 Å². The first-order chi connectivity index (χ1) is 9.99. The molecule has 1 heterocycles. The van der Waals surface area contributed by atoms with Crippen LogP contribution in [0.4, 0.5) is 5.69 Å². The Kier molecular flexibility index (Phi) is 9.73. The van der Waals surface area contributed by atoms with Gasteiger partial charge in [-0.2, -0.15) is 0 Å². The van der Waals surface area contributed by atoms with Crippen molar-refractivity contribution in [3.8, 4) is 0 Å². The van der Waals surface area contributed by atoms with Crippen molar-refractivity contribution in [1.29, 1.82) is 0 Å². The van der Waals surface area contributed by atoms with Crippen molar-refractivity contribution in [2.45, 2.75) is 38.5 Å². The number of rotatable bonds is 5.